The topological polar surface area (TPSA) is 59.7 Å². The van der Waals surface area contributed by atoms with Gasteiger partial charge < -0.3 is 14.3 Å². The van der Waals surface area contributed by atoms with Crippen LogP contribution in [0.3, 0.4) is 0 Å². The van der Waals surface area contributed by atoms with Gasteiger partial charge in [-0.25, -0.2) is 4.79 Å². The maximum absolute atomic E-state index is 11.5. The van der Waals surface area contributed by atoms with Gasteiger partial charge in [-0.1, -0.05) is 32.9 Å². The van der Waals surface area contributed by atoms with Crippen LogP contribution in [0.2, 0.25) is 0 Å². The fourth-order valence-electron chi connectivity index (χ4n) is 5.78. The lowest BCUT2D eigenvalue weighted by Crippen LogP contribution is -2.55. The summed E-state index contributed by atoms with van der Waals surface area (Å²) in [4.78, 5) is 11.5. The van der Waals surface area contributed by atoms with Crippen molar-refractivity contribution in [3.05, 3.63) is 52.9 Å². The second-order valence-corrected chi connectivity index (χ2v) is 9.45. The molecule has 0 unspecified atom stereocenters. The first-order valence-corrected chi connectivity index (χ1v) is 10.2. The quantitative estimate of drug-likeness (QED) is 0.603. The summed E-state index contributed by atoms with van der Waals surface area (Å²) in [6.07, 6.45) is 3.63. The minimum absolute atomic E-state index is 0.0709. The molecule has 4 nitrogen and oxygen atoms in total. The van der Waals surface area contributed by atoms with Gasteiger partial charge >= 0.3 is 5.63 Å². The number of fused-ring (bicyclic) bond motifs is 2. The van der Waals surface area contributed by atoms with E-state index in [9.17, 15) is 9.90 Å². The summed E-state index contributed by atoms with van der Waals surface area (Å²) in [5.41, 5.74) is 1.40. The molecule has 4 heteroatoms. The molecule has 2 fully saturated rings. The molecule has 2 saturated carbocycles. The van der Waals surface area contributed by atoms with Crippen molar-refractivity contribution >= 4 is 11.0 Å². The highest BCUT2D eigenvalue weighted by Gasteiger charge is 2.56. The second kappa shape index (κ2) is 6.77. The molecular weight excluding hydrogens is 352 g/mol. The van der Waals surface area contributed by atoms with Gasteiger partial charge in [0.25, 0.3) is 0 Å². The predicted molar refractivity (Wildman–Crippen MR) is 110 cm³/mol. The van der Waals surface area contributed by atoms with E-state index in [-0.39, 0.29) is 28.5 Å². The lowest BCUT2D eigenvalue weighted by molar-refractivity contribution is -0.128. The first kappa shape index (κ1) is 19.3. The summed E-state index contributed by atoms with van der Waals surface area (Å²) in [5, 5.41) is 11.5. The van der Waals surface area contributed by atoms with Crippen LogP contribution in [0.4, 0.5) is 0 Å². The number of ether oxygens (including phenoxy) is 1. The van der Waals surface area contributed by atoms with Gasteiger partial charge in [-0.05, 0) is 60.6 Å². The van der Waals surface area contributed by atoms with Crippen molar-refractivity contribution in [2.24, 2.45) is 22.7 Å². The molecule has 1 aromatic carbocycles. The summed E-state index contributed by atoms with van der Waals surface area (Å²) in [7, 11) is 0. The Morgan fingerprint density at radius 2 is 1.96 bits per heavy atom. The van der Waals surface area contributed by atoms with Gasteiger partial charge in [-0.2, -0.15) is 0 Å². The van der Waals surface area contributed by atoms with Crippen LogP contribution in [-0.4, -0.2) is 17.8 Å². The van der Waals surface area contributed by atoms with Crippen LogP contribution in [-0.2, 0) is 0 Å². The number of hydrogen-bond donors (Lipinski definition) is 1. The molecule has 0 radical (unpaired) electrons. The van der Waals surface area contributed by atoms with Gasteiger partial charge in [0, 0.05) is 23.4 Å². The van der Waals surface area contributed by atoms with Gasteiger partial charge in [0.05, 0.1) is 12.7 Å². The fraction of sp³-hybridized carbons (Fsp3) is 0.542. The smallest absolute Gasteiger partial charge is 0.336 e. The van der Waals surface area contributed by atoms with Gasteiger partial charge in [0.1, 0.15) is 11.3 Å². The molecule has 0 aliphatic heterocycles. The highest BCUT2D eigenvalue weighted by atomic mass is 16.5. The zero-order chi connectivity index (χ0) is 20.1. The number of rotatable bonds is 3. The Kier molecular flexibility index (Phi) is 4.65. The molecular formula is C24H30O4. The molecule has 28 heavy (non-hydrogen) atoms. The molecule has 0 bridgehead atoms. The maximum Gasteiger partial charge on any atom is 0.336 e. The first-order valence-electron chi connectivity index (χ1n) is 10.2. The van der Waals surface area contributed by atoms with E-state index in [1.54, 1.807) is 12.1 Å². The molecule has 150 valence electrons. The average Bonchev–Trinajstić information content (AvgIpc) is 2.64. The van der Waals surface area contributed by atoms with E-state index in [0.717, 1.165) is 31.1 Å². The Balaban J connectivity index is 1.58. The summed E-state index contributed by atoms with van der Waals surface area (Å²) in [5.74, 6) is 1.39. The molecule has 4 atom stereocenters. The summed E-state index contributed by atoms with van der Waals surface area (Å²) in [6.45, 7) is 11.7. The third-order valence-corrected chi connectivity index (χ3v) is 7.56. The zero-order valence-corrected chi connectivity index (χ0v) is 17.0. The number of benzene rings is 1. The molecule has 2 aromatic rings. The van der Waals surface area contributed by atoms with E-state index in [4.69, 9.17) is 9.15 Å². The number of aliphatic hydroxyl groups is 1. The largest absolute Gasteiger partial charge is 0.493 e. The van der Waals surface area contributed by atoms with Crippen molar-refractivity contribution in [1.82, 2.24) is 0 Å². The van der Waals surface area contributed by atoms with Crippen molar-refractivity contribution in [2.45, 2.75) is 52.6 Å². The minimum atomic E-state index is -0.358. The van der Waals surface area contributed by atoms with Crippen LogP contribution in [0.25, 0.3) is 11.0 Å². The fourth-order valence-corrected chi connectivity index (χ4v) is 5.78. The maximum atomic E-state index is 11.5. The monoisotopic (exact) mass is 382 g/mol. The van der Waals surface area contributed by atoms with E-state index in [1.165, 1.54) is 11.6 Å². The third kappa shape index (κ3) is 3.08. The Morgan fingerprint density at radius 1 is 1.21 bits per heavy atom. The van der Waals surface area contributed by atoms with Crippen molar-refractivity contribution in [3.8, 4) is 5.75 Å². The van der Waals surface area contributed by atoms with E-state index >= 15 is 0 Å². The van der Waals surface area contributed by atoms with E-state index in [0.29, 0.717) is 23.9 Å². The van der Waals surface area contributed by atoms with E-state index in [2.05, 4.69) is 27.4 Å². The molecule has 1 aromatic heterocycles. The Labute approximate surface area is 166 Å². The van der Waals surface area contributed by atoms with Crippen LogP contribution < -0.4 is 10.4 Å². The Hall–Kier alpha value is -2.07. The van der Waals surface area contributed by atoms with Gasteiger partial charge in [-0.3, -0.25) is 0 Å². The molecule has 0 saturated heterocycles. The van der Waals surface area contributed by atoms with Crippen LogP contribution in [0.15, 0.2) is 51.7 Å². The van der Waals surface area contributed by atoms with Crippen molar-refractivity contribution in [3.63, 3.8) is 0 Å². The molecule has 0 spiro atoms. The molecule has 4 rings (SSSR count). The SMILES string of the molecule is C=C1CC[C@@H]2C(C)(C)[C@@H](O)CC[C@]2(C)[C@H]1COc1ccc2ccc(=O)oc2c1. The van der Waals surface area contributed by atoms with Crippen LogP contribution in [0.5, 0.6) is 5.75 Å². The average molecular weight is 383 g/mol. The second-order valence-electron chi connectivity index (χ2n) is 9.45. The van der Waals surface area contributed by atoms with Crippen LogP contribution in [0.1, 0.15) is 46.5 Å². The molecule has 1 heterocycles. The lowest BCUT2D eigenvalue weighted by atomic mass is 9.47. The van der Waals surface area contributed by atoms with Crippen molar-refractivity contribution in [2.75, 3.05) is 6.61 Å². The van der Waals surface area contributed by atoms with Crippen molar-refractivity contribution < 1.29 is 14.3 Å². The van der Waals surface area contributed by atoms with Crippen molar-refractivity contribution in [1.29, 1.82) is 0 Å². The Bertz CT molecular complexity index is 956. The molecule has 1 N–H and O–H groups in total. The third-order valence-electron chi connectivity index (χ3n) is 7.56. The highest BCUT2D eigenvalue weighted by Crippen LogP contribution is 2.60. The highest BCUT2D eigenvalue weighted by molar-refractivity contribution is 5.77. The first-order chi connectivity index (χ1) is 13.2. The standard InChI is InChI=1S/C24H30O4/c1-15-5-9-20-23(2,3)21(25)11-12-24(20,4)18(15)14-27-17-8-6-16-7-10-22(26)28-19(16)13-17/h6-8,10,13,18,20-21,25H,1,5,9,11-12,14H2,2-4H3/t18-,20+,21-,24+/m0/s1. The summed E-state index contributed by atoms with van der Waals surface area (Å²) in [6, 6.07) is 8.80. The molecule has 2 aliphatic rings. The summed E-state index contributed by atoms with van der Waals surface area (Å²) < 4.78 is 11.5. The van der Waals surface area contributed by atoms with Gasteiger partial charge in [-0.15, -0.1) is 0 Å². The van der Waals surface area contributed by atoms with Gasteiger partial charge in [0.15, 0.2) is 0 Å². The number of hydrogen-bond acceptors (Lipinski definition) is 4. The van der Waals surface area contributed by atoms with E-state index < -0.39 is 0 Å². The summed E-state index contributed by atoms with van der Waals surface area (Å²) >= 11 is 0. The van der Waals surface area contributed by atoms with Crippen LogP contribution >= 0.6 is 0 Å². The lowest BCUT2D eigenvalue weighted by Gasteiger charge is -2.59. The number of aliphatic hydroxyl groups excluding tert-OH is 1. The minimum Gasteiger partial charge on any atom is -0.493 e. The normalized spacial score (nSPS) is 32.1. The Morgan fingerprint density at radius 3 is 2.75 bits per heavy atom. The predicted octanol–water partition coefficient (Wildman–Crippen LogP) is 4.94. The molecule has 0 amide bonds. The molecule has 2 aliphatic carbocycles. The zero-order valence-electron chi connectivity index (χ0n) is 17.0. The van der Waals surface area contributed by atoms with Crippen LogP contribution in [0, 0.1) is 22.7 Å². The van der Waals surface area contributed by atoms with Gasteiger partial charge in [0.2, 0.25) is 0 Å². The van der Waals surface area contributed by atoms with E-state index in [1.807, 2.05) is 12.1 Å².